The zero-order chi connectivity index (χ0) is 21.3. The quantitative estimate of drug-likeness (QED) is 0.591. The van der Waals surface area contributed by atoms with Crippen LogP contribution in [0.15, 0.2) is 46.2 Å². The number of pyridine rings is 2. The summed E-state index contributed by atoms with van der Waals surface area (Å²) in [5.74, 6) is -0.0684. The van der Waals surface area contributed by atoms with Crippen molar-refractivity contribution in [2.45, 2.75) is 37.2 Å². The number of hydrogen-bond acceptors (Lipinski definition) is 5. The second-order valence-electron chi connectivity index (χ2n) is 7.36. The fourth-order valence-corrected chi connectivity index (χ4v) is 4.78. The Balaban J connectivity index is 1.74. The molecular formula is C22H23FN4O2S. The van der Waals surface area contributed by atoms with Gasteiger partial charge in [0.15, 0.2) is 0 Å². The molecule has 3 aromatic rings. The first-order valence-electron chi connectivity index (χ1n) is 9.97. The number of rotatable bonds is 6. The van der Waals surface area contributed by atoms with Crippen LogP contribution in [0.2, 0.25) is 0 Å². The zero-order valence-corrected chi connectivity index (χ0v) is 17.5. The van der Waals surface area contributed by atoms with Crippen molar-refractivity contribution in [2.24, 2.45) is 5.73 Å². The van der Waals surface area contributed by atoms with Crippen LogP contribution in [0.4, 0.5) is 4.39 Å². The Morgan fingerprint density at radius 2 is 2.20 bits per heavy atom. The Morgan fingerprint density at radius 1 is 1.37 bits per heavy atom. The maximum absolute atomic E-state index is 14.1. The smallest absolute Gasteiger partial charge is 0.256 e. The fraction of sp³-hybridized carbons (Fsp3) is 0.318. The third kappa shape index (κ3) is 3.85. The van der Waals surface area contributed by atoms with Gasteiger partial charge >= 0.3 is 0 Å². The Kier molecular flexibility index (Phi) is 5.87. The molecule has 1 amide bonds. The number of amides is 1. The van der Waals surface area contributed by atoms with Crippen molar-refractivity contribution < 1.29 is 9.18 Å². The maximum Gasteiger partial charge on any atom is 0.256 e. The Hall–Kier alpha value is -2.71. The number of fused-ring (bicyclic) bond motifs is 2. The molecule has 1 aliphatic rings. The van der Waals surface area contributed by atoms with Gasteiger partial charge in [0.2, 0.25) is 0 Å². The summed E-state index contributed by atoms with van der Waals surface area (Å²) in [6, 6.07) is 7.89. The highest BCUT2D eigenvalue weighted by atomic mass is 32.2. The fourth-order valence-electron chi connectivity index (χ4n) is 3.58. The number of aromatic nitrogens is 2. The van der Waals surface area contributed by atoms with E-state index in [9.17, 15) is 14.0 Å². The first kappa shape index (κ1) is 20.6. The summed E-state index contributed by atoms with van der Waals surface area (Å²) in [6.07, 6.45) is 3.43. The van der Waals surface area contributed by atoms with Crippen molar-refractivity contribution in [3.63, 3.8) is 0 Å². The lowest BCUT2D eigenvalue weighted by Gasteiger charge is -2.14. The number of benzene rings is 1. The molecule has 0 unspecified atom stereocenters. The van der Waals surface area contributed by atoms with Crippen LogP contribution in [0.5, 0.6) is 0 Å². The van der Waals surface area contributed by atoms with Crippen molar-refractivity contribution >= 4 is 28.6 Å². The van der Waals surface area contributed by atoms with Crippen molar-refractivity contribution in [3.8, 4) is 0 Å². The van der Waals surface area contributed by atoms with Crippen LogP contribution in [-0.2, 0) is 6.54 Å². The first-order valence-corrected chi connectivity index (χ1v) is 11.0. The second kappa shape index (κ2) is 8.57. The lowest BCUT2D eigenvalue weighted by atomic mass is 10.1. The standard InChI is InChI=1S/C22H23FN4O2S/c1-2-3-9-25-21(28)15-11-27(22(29)18-17(24)12-30-20(15)18)10-14-8-7-13-5-4-6-16(23)19(13)26-14/h4-8,11,17H,2-3,9-10,12,24H2,1H3,(H,25,28)/t17-/m0/s1. The van der Waals surface area contributed by atoms with Crippen LogP contribution in [-0.4, -0.2) is 27.8 Å². The van der Waals surface area contributed by atoms with Crippen molar-refractivity contribution in [1.29, 1.82) is 0 Å². The number of unbranched alkanes of at least 4 members (excludes halogenated alkanes) is 1. The van der Waals surface area contributed by atoms with Gasteiger partial charge in [-0.15, -0.1) is 11.8 Å². The van der Waals surface area contributed by atoms with Gasteiger partial charge in [-0.05, 0) is 18.6 Å². The summed E-state index contributed by atoms with van der Waals surface area (Å²) in [7, 11) is 0. The van der Waals surface area contributed by atoms with Crippen LogP contribution in [0, 0.1) is 5.82 Å². The molecule has 3 heterocycles. The summed E-state index contributed by atoms with van der Waals surface area (Å²) in [4.78, 5) is 30.9. The summed E-state index contributed by atoms with van der Waals surface area (Å²) in [5.41, 5.74) is 7.64. The van der Waals surface area contributed by atoms with E-state index >= 15 is 0 Å². The van der Waals surface area contributed by atoms with Crippen LogP contribution in [0.25, 0.3) is 10.9 Å². The number of nitrogens with zero attached hydrogens (tertiary/aromatic N) is 2. The Morgan fingerprint density at radius 3 is 3.00 bits per heavy atom. The van der Waals surface area contributed by atoms with E-state index in [1.165, 1.54) is 22.4 Å². The summed E-state index contributed by atoms with van der Waals surface area (Å²) < 4.78 is 15.6. The molecule has 156 valence electrons. The SMILES string of the molecule is CCCCNC(=O)c1cn(Cc2ccc3cccc(F)c3n2)c(=O)c2c1SC[C@@H]2N. The van der Waals surface area contributed by atoms with Crippen molar-refractivity contribution in [3.05, 3.63) is 69.5 Å². The highest BCUT2D eigenvalue weighted by Gasteiger charge is 2.29. The lowest BCUT2D eigenvalue weighted by molar-refractivity contribution is 0.0949. The molecule has 0 bridgehead atoms. The van der Waals surface area contributed by atoms with E-state index in [0.717, 1.165) is 12.8 Å². The maximum atomic E-state index is 14.1. The zero-order valence-electron chi connectivity index (χ0n) is 16.7. The van der Waals surface area contributed by atoms with Crippen LogP contribution in [0.3, 0.4) is 0 Å². The molecule has 0 saturated carbocycles. The van der Waals surface area contributed by atoms with E-state index in [1.807, 2.05) is 0 Å². The minimum atomic E-state index is -0.422. The second-order valence-corrected chi connectivity index (χ2v) is 8.39. The van der Waals surface area contributed by atoms with Gasteiger partial charge in [-0.1, -0.05) is 31.5 Å². The van der Waals surface area contributed by atoms with Gasteiger partial charge in [0.25, 0.3) is 11.5 Å². The third-order valence-corrected chi connectivity index (χ3v) is 6.42. The molecule has 0 spiro atoms. The summed E-state index contributed by atoms with van der Waals surface area (Å²) in [5, 5.41) is 3.60. The van der Waals surface area contributed by atoms with Gasteiger partial charge in [-0.25, -0.2) is 9.37 Å². The Bertz CT molecular complexity index is 1180. The van der Waals surface area contributed by atoms with Gasteiger partial charge in [0.05, 0.1) is 17.8 Å². The topological polar surface area (TPSA) is 90.0 Å². The molecule has 1 atom stereocenters. The van der Waals surface area contributed by atoms with Crippen molar-refractivity contribution in [1.82, 2.24) is 14.9 Å². The third-order valence-electron chi connectivity index (χ3n) is 5.17. The number of nitrogens with one attached hydrogen (secondary N) is 1. The predicted octanol–water partition coefficient (Wildman–Crippen LogP) is 3.22. The molecule has 0 aliphatic carbocycles. The van der Waals surface area contributed by atoms with Gasteiger partial charge < -0.3 is 15.6 Å². The number of halogens is 1. The van der Waals surface area contributed by atoms with E-state index in [2.05, 4.69) is 17.2 Å². The van der Waals surface area contributed by atoms with E-state index in [1.54, 1.807) is 30.5 Å². The highest BCUT2D eigenvalue weighted by molar-refractivity contribution is 7.99. The number of carbonyl (C=O) groups excluding carboxylic acids is 1. The molecule has 6 nitrogen and oxygen atoms in total. The number of para-hydroxylation sites is 1. The normalized spacial score (nSPS) is 15.4. The minimum absolute atomic E-state index is 0.128. The molecule has 1 aromatic carbocycles. The molecule has 2 aromatic heterocycles. The molecular weight excluding hydrogens is 403 g/mol. The predicted molar refractivity (Wildman–Crippen MR) is 116 cm³/mol. The van der Waals surface area contributed by atoms with Gasteiger partial charge in [-0.3, -0.25) is 9.59 Å². The summed E-state index contributed by atoms with van der Waals surface area (Å²) in [6.45, 7) is 2.76. The molecule has 1 aliphatic heterocycles. The molecule has 4 rings (SSSR count). The molecule has 8 heteroatoms. The molecule has 30 heavy (non-hydrogen) atoms. The van der Waals surface area contributed by atoms with E-state index in [-0.39, 0.29) is 23.5 Å². The summed E-state index contributed by atoms with van der Waals surface area (Å²) >= 11 is 1.44. The van der Waals surface area contributed by atoms with E-state index in [4.69, 9.17) is 5.73 Å². The van der Waals surface area contributed by atoms with E-state index < -0.39 is 11.9 Å². The minimum Gasteiger partial charge on any atom is -0.352 e. The van der Waals surface area contributed by atoms with E-state index in [0.29, 0.717) is 39.4 Å². The molecule has 3 N–H and O–H groups in total. The van der Waals surface area contributed by atoms with Gasteiger partial charge in [-0.2, -0.15) is 0 Å². The average molecular weight is 427 g/mol. The monoisotopic (exact) mass is 426 g/mol. The molecule has 0 radical (unpaired) electrons. The van der Waals surface area contributed by atoms with Crippen LogP contribution in [0.1, 0.15) is 47.4 Å². The average Bonchev–Trinajstić information content (AvgIpc) is 3.12. The highest BCUT2D eigenvalue weighted by Crippen LogP contribution is 2.37. The number of hydrogen-bond donors (Lipinski definition) is 2. The van der Waals surface area contributed by atoms with Gasteiger partial charge in [0.1, 0.15) is 11.3 Å². The lowest BCUT2D eigenvalue weighted by Crippen LogP contribution is -2.32. The van der Waals surface area contributed by atoms with Crippen LogP contribution < -0.4 is 16.6 Å². The molecule has 0 saturated heterocycles. The Labute approximate surface area is 177 Å². The van der Waals surface area contributed by atoms with Crippen molar-refractivity contribution in [2.75, 3.05) is 12.3 Å². The van der Waals surface area contributed by atoms with Gasteiger partial charge in [0, 0.05) is 40.4 Å². The number of nitrogens with two attached hydrogens (primary N) is 1. The van der Waals surface area contributed by atoms with Crippen LogP contribution >= 0.6 is 11.8 Å². The first-order chi connectivity index (χ1) is 14.5. The number of carbonyl (C=O) groups is 1. The number of thioether (sulfide) groups is 1. The molecule has 0 fully saturated rings. The largest absolute Gasteiger partial charge is 0.352 e.